The van der Waals surface area contributed by atoms with Gasteiger partial charge in [-0.2, -0.15) is 0 Å². The number of unbranched alkanes of at least 4 members (excludes halogenated alkanes) is 32. The Bertz CT molecular complexity index is 319. The molecular weight excluding hydrogens is 436 g/mol. The summed E-state index contributed by atoms with van der Waals surface area (Å²) in [5, 5.41) is 8.78. The summed E-state index contributed by atoms with van der Waals surface area (Å²) in [4.78, 5) is 0. The molecule has 0 aliphatic carbocycles. The quantitative estimate of drug-likeness (QED) is 0.0873. The molecule has 0 unspecified atom stereocenters. The molecule has 0 aromatic carbocycles. The van der Waals surface area contributed by atoms with Crippen LogP contribution in [0.2, 0.25) is 0 Å². The first-order chi connectivity index (χ1) is 17.9. The second-order valence-corrected chi connectivity index (χ2v) is 12.0. The fraction of sp³-hybridized carbons (Fsp3) is 1.00. The molecule has 0 aromatic rings. The van der Waals surface area contributed by atoms with Crippen LogP contribution in [0.15, 0.2) is 0 Å². The van der Waals surface area contributed by atoms with Crippen molar-refractivity contribution in [1.29, 1.82) is 0 Å². The summed E-state index contributed by atoms with van der Waals surface area (Å²) < 4.78 is 0. The predicted molar refractivity (Wildman–Crippen MR) is 165 cm³/mol. The third-order valence-corrected chi connectivity index (χ3v) is 8.26. The highest BCUT2D eigenvalue weighted by atomic mass is 16.2. The van der Waals surface area contributed by atoms with Crippen molar-refractivity contribution in [3.63, 3.8) is 0 Å². The molecule has 1 nitrogen and oxygen atoms in total. The predicted octanol–water partition coefficient (Wildman–Crippen LogP) is 12.9. The molecule has 0 aliphatic heterocycles. The van der Waals surface area contributed by atoms with Crippen molar-refractivity contribution in [3.05, 3.63) is 0 Å². The van der Waals surface area contributed by atoms with Crippen LogP contribution in [0.1, 0.15) is 219 Å². The van der Waals surface area contributed by atoms with Crippen molar-refractivity contribution in [3.8, 4) is 0 Å². The molecule has 218 valence electrons. The van der Waals surface area contributed by atoms with Gasteiger partial charge in [-0.25, -0.2) is 0 Å². The molecule has 1 N–H and O–H groups in total. The molecule has 0 amide bonds. The number of hydrogen-bond acceptors (Lipinski definition) is 1. The molecule has 0 saturated heterocycles. The van der Waals surface area contributed by atoms with Gasteiger partial charge in [-0.3, -0.25) is 0 Å². The van der Waals surface area contributed by atoms with Gasteiger partial charge in [-0.1, -0.05) is 212 Å². The summed E-state index contributed by atoms with van der Waals surface area (Å²) >= 11 is 0. The third kappa shape index (κ3) is 34.0. The molecule has 0 spiro atoms. The van der Waals surface area contributed by atoms with Crippen LogP contribution >= 0.6 is 0 Å². The van der Waals surface area contributed by atoms with Crippen molar-refractivity contribution in [2.45, 2.75) is 219 Å². The van der Waals surface area contributed by atoms with Crippen LogP contribution in [0.25, 0.3) is 0 Å². The van der Waals surface area contributed by atoms with E-state index in [1.165, 1.54) is 205 Å². The van der Waals surface area contributed by atoms with Gasteiger partial charge in [0, 0.05) is 6.61 Å². The summed E-state index contributed by atoms with van der Waals surface area (Å²) in [7, 11) is 0. The van der Waals surface area contributed by atoms with E-state index in [1.54, 1.807) is 0 Å². The van der Waals surface area contributed by atoms with E-state index in [2.05, 4.69) is 6.92 Å². The molecule has 0 aliphatic rings. The Labute approximate surface area is 230 Å². The van der Waals surface area contributed by atoms with E-state index in [1.807, 2.05) is 0 Å². The molecule has 0 heterocycles. The van der Waals surface area contributed by atoms with E-state index in [0.29, 0.717) is 6.61 Å². The molecule has 0 fully saturated rings. The Morgan fingerprint density at radius 3 is 0.500 bits per heavy atom. The molecule has 0 saturated carbocycles. The Balaban J connectivity index is 3.00. The maximum atomic E-state index is 8.78. The smallest absolute Gasteiger partial charge is 0.0431 e. The molecule has 0 bridgehead atoms. The van der Waals surface area contributed by atoms with Gasteiger partial charge in [0.15, 0.2) is 0 Å². The lowest BCUT2D eigenvalue weighted by atomic mass is 10.0. The Kier molecular flexibility index (Phi) is 34.9. The lowest BCUT2D eigenvalue weighted by Crippen LogP contribution is -1.85. The van der Waals surface area contributed by atoms with Crippen LogP contribution in [0, 0.1) is 0 Å². The zero-order chi connectivity index (χ0) is 26.0. The zero-order valence-electron chi connectivity index (χ0n) is 25.5. The van der Waals surface area contributed by atoms with Gasteiger partial charge in [-0.15, -0.1) is 0 Å². The van der Waals surface area contributed by atoms with Gasteiger partial charge in [-0.05, 0) is 6.42 Å². The van der Waals surface area contributed by atoms with Crippen LogP contribution < -0.4 is 0 Å². The van der Waals surface area contributed by atoms with Crippen LogP contribution in [0.3, 0.4) is 0 Å². The average Bonchev–Trinajstić information content (AvgIpc) is 2.89. The third-order valence-electron chi connectivity index (χ3n) is 8.26. The summed E-state index contributed by atoms with van der Waals surface area (Å²) in [5.74, 6) is 0. The first-order valence-corrected chi connectivity index (χ1v) is 17.5. The maximum absolute atomic E-state index is 8.78. The molecule has 36 heavy (non-hydrogen) atoms. The van der Waals surface area contributed by atoms with Crippen molar-refractivity contribution < 1.29 is 5.11 Å². The fourth-order valence-corrected chi connectivity index (χ4v) is 5.67. The number of hydrogen-bond donors (Lipinski definition) is 1. The van der Waals surface area contributed by atoms with Crippen LogP contribution in [0.4, 0.5) is 0 Å². The molecule has 0 aromatic heterocycles. The lowest BCUT2D eigenvalue weighted by molar-refractivity contribution is 0.282. The van der Waals surface area contributed by atoms with Gasteiger partial charge in [0.05, 0.1) is 0 Å². The van der Waals surface area contributed by atoms with E-state index >= 15 is 0 Å². The van der Waals surface area contributed by atoms with Gasteiger partial charge >= 0.3 is 0 Å². The van der Waals surface area contributed by atoms with Crippen LogP contribution in [0.5, 0.6) is 0 Å². The van der Waals surface area contributed by atoms with E-state index in [-0.39, 0.29) is 0 Å². The second-order valence-electron chi connectivity index (χ2n) is 12.0. The first-order valence-electron chi connectivity index (χ1n) is 17.5. The highest BCUT2D eigenvalue weighted by molar-refractivity contribution is 4.52. The Morgan fingerprint density at radius 1 is 0.222 bits per heavy atom. The highest BCUT2D eigenvalue weighted by Crippen LogP contribution is 2.16. The first kappa shape index (κ1) is 36.0. The maximum Gasteiger partial charge on any atom is 0.0431 e. The largest absolute Gasteiger partial charge is 0.396 e. The van der Waals surface area contributed by atoms with Crippen LogP contribution in [-0.2, 0) is 0 Å². The average molecular weight is 509 g/mol. The van der Waals surface area contributed by atoms with Gasteiger partial charge in [0.1, 0.15) is 0 Å². The summed E-state index contributed by atoms with van der Waals surface area (Å²) in [6.45, 7) is 2.68. The summed E-state index contributed by atoms with van der Waals surface area (Å²) in [6, 6.07) is 0. The number of aliphatic hydroxyl groups excluding tert-OH is 1. The molecular formula is C35H72O. The number of rotatable bonds is 33. The molecule has 0 rings (SSSR count). The molecule has 0 atom stereocenters. The summed E-state index contributed by atoms with van der Waals surface area (Å²) in [6.07, 6.45) is 47.5. The highest BCUT2D eigenvalue weighted by Gasteiger charge is 1.97. The number of aliphatic hydroxyl groups is 1. The molecule has 0 radical (unpaired) electrons. The van der Waals surface area contributed by atoms with Gasteiger partial charge in [0.2, 0.25) is 0 Å². The standard InChI is InChI=1S/C35H72O/c1-2-3-4-5-6-7-8-9-10-11-12-13-14-15-16-17-18-19-20-21-22-23-24-25-26-27-28-29-30-31-32-33-34-35-36/h36H,2-35H2,1H3. The second kappa shape index (κ2) is 35.0. The summed E-state index contributed by atoms with van der Waals surface area (Å²) in [5.41, 5.74) is 0. The molecule has 1 heteroatoms. The van der Waals surface area contributed by atoms with E-state index in [0.717, 1.165) is 6.42 Å². The van der Waals surface area contributed by atoms with E-state index in [4.69, 9.17) is 5.11 Å². The van der Waals surface area contributed by atoms with Crippen molar-refractivity contribution in [2.24, 2.45) is 0 Å². The van der Waals surface area contributed by atoms with Crippen molar-refractivity contribution in [2.75, 3.05) is 6.61 Å². The van der Waals surface area contributed by atoms with Crippen molar-refractivity contribution >= 4 is 0 Å². The topological polar surface area (TPSA) is 20.2 Å². The zero-order valence-corrected chi connectivity index (χ0v) is 25.5. The monoisotopic (exact) mass is 509 g/mol. The van der Waals surface area contributed by atoms with Gasteiger partial charge in [0.25, 0.3) is 0 Å². The van der Waals surface area contributed by atoms with Crippen LogP contribution in [-0.4, -0.2) is 11.7 Å². The van der Waals surface area contributed by atoms with E-state index < -0.39 is 0 Å². The Hall–Kier alpha value is -0.0400. The minimum Gasteiger partial charge on any atom is -0.396 e. The minimum atomic E-state index is 0.375. The fourth-order valence-electron chi connectivity index (χ4n) is 5.67. The SMILES string of the molecule is CCCCCCCCCCCCCCCCCCCCCCCCCCCCCCCCCCCO. The van der Waals surface area contributed by atoms with Crippen molar-refractivity contribution in [1.82, 2.24) is 0 Å². The Morgan fingerprint density at radius 2 is 0.361 bits per heavy atom. The lowest BCUT2D eigenvalue weighted by Gasteiger charge is -2.05. The normalized spacial score (nSPS) is 11.5. The minimum absolute atomic E-state index is 0.375. The van der Waals surface area contributed by atoms with Gasteiger partial charge < -0.3 is 5.11 Å². The van der Waals surface area contributed by atoms with E-state index in [9.17, 15) is 0 Å².